The van der Waals surface area contributed by atoms with Gasteiger partial charge in [0.1, 0.15) is 10.3 Å². The van der Waals surface area contributed by atoms with Crippen molar-refractivity contribution in [2.24, 2.45) is 0 Å². The molecule has 0 N–H and O–H groups in total. The van der Waals surface area contributed by atoms with E-state index in [0.717, 1.165) is 16.8 Å². The summed E-state index contributed by atoms with van der Waals surface area (Å²) in [5, 5.41) is -1.03. The quantitative estimate of drug-likeness (QED) is 0.798. The first-order chi connectivity index (χ1) is 9.24. The molecule has 0 saturated carbocycles. The molecule has 0 aromatic carbocycles. The number of hydrogen-bond acceptors (Lipinski definition) is 6. The van der Waals surface area contributed by atoms with Gasteiger partial charge in [-0.25, -0.2) is 16.8 Å². The van der Waals surface area contributed by atoms with E-state index in [0.29, 0.717) is 5.75 Å². The molecule has 0 aliphatic carbocycles. The van der Waals surface area contributed by atoms with Crippen LogP contribution in [-0.2, 0) is 19.9 Å². The van der Waals surface area contributed by atoms with Crippen LogP contribution in [0, 0.1) is 0 Å². The summed E-state index contributed by atoms with van der Waals surface area (Å²) in [7, 11) is -7.50. The molecule has 0 bridgehead atoms. The molecule has 2 heterocycles. The smallest absolute Gasteiger partial charge is 0.247 e. The van der Waals surface area contributed by atoms with Crippen molar-refractivity contribution in [2.45, 2.75) is 10.3 Å². The first-order valence-corrected chi connectivity index (χ1v) is 10.6. The Labute approximate surface area is 127 Å². The van der Waals surface area contributed by atoms with E-state index in [1.807, 2.05) is 0 Å². The van der Waals surface area contributed by atoms with Crippen molar-refractivity contribution in [1.29, 1.82) is 0 Å². The molecule has 1 aliphatic heterocycles. The first-order valence-electron chi connectivity index (χ1n) is 5.62. The molecule has 10 heteroatoms. The second-order valence-electron chi connectivity index (χ2n) is 4.28. The Morgan fingerprint density at radius 3 is 2.70 bits per heavy atom. The minimum Gasteiger partial charge on any atom is -0.263 e. The lowest BCUT2D eigenvalue weighted by molar-refractivity contribution is 0.405. The molecule has 0 spiro atoms. The van der Waals surface area contributed by atoms with Gasteiger partial charge in [0.15, 0.2) is 9.84 Å². The van der Waals surface area contributed by atoms with Gasteiger partial charge in [0.05, 0.1) is 5.02 Å². The number of sulfone groups is 1. The summed E-state index contributed by atoms with van der Waals surface area (Å²) in [6, 6.07) is 1.36. The molecule has 2 rings (SSSR count). The van der Waals surface area contributed by atoms with E-state index in [1.165, 1.54) is 24.0 Å². The predicted molar refractivity (Wildman–Crippen MR) is 79.1 cm³/mol. The fraction of sp³-hybridized carbons (Fsp3) is 0.500. The minimum absolute atomic E-state index is 0.0328. The third-order valence-electron chi connectivity index (χ3n) is 2.85. The van der Waals surface area contributed by atoms with Crippen LogP contribution >= 0.6 is 23.4 Å². The standard InChI is InChI=1S/C10H13ClN2O4S3/c1-19(14,15)10-7-18-5-4-13(10)20(16,17)9-6-12-3-2-8(9)11/h2-3,6,10H,4-5,7H2,1H3. The maximum Gasteiger partial charge on any atom is 0.247 e. The van der Waals surface area contributed by atoms with Gasteiger partial charge < -0.3 is 0 Å². The molecule has 1 aromatic rings. The van der Waals surface area contributed by atoms with Crippen LogP contribution in [0.2, 0.25) is 5.02 Å². The number of halogens is 1. The number of thioether (sulfide) groups is 1. The van der Waals surface area contributed by atoms with Gasteiger partial charge in [-0.05, 0) is 6.07 Å². The van der Waals surface area contributed by atoms with Crippen molar-refractivity contribution in [2.75, 3.05) is 24.3 Å². The molecule has 20 heavy (non-hydrogen) atoms. The van der Waals surface area contributed by atoms with Gasteiger partial charge in [-0.3, -0.25) is 4.98 Å². The van der Waals surface area contributed by atoms with E-state index in [1.54, 1.807) is 0 Å². The molecule has 1 atom stereocenters. The molecular formula is C10H13ClN2O4S3. The molecule has 6 nitrogen and oxygen atoms in total. The van der Waals surface area contributed by atoms with Crippen LogP contribution in [0.5, 0.6) is 0 Å². The van der Waals surface area contributed by atoms with Gasteiger partial charge in [0, 0.05) is 36.7 Å². The van der Waals surface area contributed by atoms with Crippen LogP contribution in [0.15, 0.2) is 23.4 Å². The average Bonchev–Trinajstić information content (AvgIpc) is 2.38. The molecule has 1 unspecified atom stereocenters. The van der Waals surface area contributed by atoms with Gasteiger partial charge in [0.25, 0.3) is 0 Å². The van der Waals surface area contributed by atoms with Crippen LogP contribution in [0.25, 0.3) is 0 Å². The number of hydrogen-bond donors (Lipinski definition) is 0. The van der Waals surface area contributed by atoms with E-state index < -0.39 is 25.2 Å². The Hall–Kier alpha value is -0.350. The highest BCUT2D eigenvalue weighted by Gasteiger charge is 2.40. The number of sulfonamides is 1. The van der Waals surface area contributed by atoms with Gasteiger partial charge >= 0.3 is 0 Å². The van der Waals surface area contributed by atoms with Crippen LogP contribution in [0.1, 0.15) is 0 Å². The third kappa shape index (κ3) is 3.11. The van der Waals surface area contributed by atoms with Crippen molar-refractivity contribution in [3.05, 3.63) is 23.5 Å². The van der Waals surface area contributed by atoms with Crippen LogP contribution in [-0.4, -0.2) is 55.8 Å². The normalized spacial score (nSPS) is 21.8. The van der Waals surface area contributed by atoms with E-state index in [4.69, 9.17) is 11.6 Å². The third-order valence-corrected chi connectivity index (χ3v) is 8.01. The monoisotopic (exact) mass is 356 g/mol. The number of nitrogens with zero attached hydrogens (tertiary/aromatic N) is 2. The maximum atomic E-state index is 12.6. The molecule has 1 aliphatic rings. The highest BCUT2D eigenvalue weighted by molar-refractivity contribution is 8.01. The second kappa shape index (κ2) is 5.80. The topological polar surface area (TPSA) is 84.4 Å². The lowest BCUT2D eigenvalue weighted by Gasteiger charge is -2.32. The van der Waals surface area contributed by atoms with Crippen LogP contribution in [0.3, 0.4) is 0 Å². The van der Waals surface area contributed by atoms with Crippen molar-refractivity contribution in [3.63, 3.8) is 0 Å². The van der Waals surface area contributed by atoms with E-state index in [2.05, 4.69) is 4.98 Å². The van der Waals surface area contributed by atoms with Gasteiger partial charge in [-0.2, -0.15) is 16.1 Å². The summed E-state index contributed by atoms with van der Waals surface area (Å²) in [6.07, 6.45) is 3.55. The summed E-state index contributed by atoms with van der Waals surface area (Å²) in [6.45, 7) is 0.135. The van der Waals surface area contributed by atoms with Gasteiger partial charge in [0.2, 0.25) is 10.0 Å². The van der Waals surface area contributed by atoms with Crippen LogP contribution in [0.4, 0.5) is 0 Å². The van der Waals surface area contributed by atoms with Crippen molar-refractivity contribution in [3.8, 4) is 0 Å². The predicted octanol–water partition coefficient (Wildman–Crippen LogP) is 0.843. The molecule has 112 valence electrons. The molecular weight excluding hydrogens is 344 g/mol. The lowest BCUT2D eigenvalue weighted by atomic mass is 10.5. The van der Waals surface area contributed by atoms with Gasteiger partial charge in [-0.15, -0.1) is 0 Å². The van der Waals surface area contributed by atoms with Crippen LogP contribution < -0.4 is 0 Å². The summed E-state index contributed by atoms with van der Waals surface area (Å²) < 4.78 is 49.8. The largest absolute Gasteiger partial charge is 0.263 e. The van der Waals surface area contributed by atoms with Crippen molar-refractivity contribution in [1.82, 2.24) is 9.29 Å². The number of rotatable bonds is 3. The molecule has 0 amide bonds. The molecule has 1 aromatic heterocycles. The Balaban J connectivity index is 2.50. The average molecular weight is 357 g/mol. The second-order valence-corrected chi connectivity index (χ2v) is 9.90. The fourth-order valence-electron chi connectivity index (χ4n) is 1.86. The molecule has 1 fully saturated rings. The summed E-state index contributed by atoms with van der Waals surface area (Å²) in [5.41, 5.74) is 0. The Morgan fingerprint density at radius 1 is 1.40 bits per heavy atom. The van der Waals surface area contributed by atoms with Crippen molar-refractivity contribution < 1.29 is 16.8 Å². The van der Waals surface area contributed by atoms with Crippen molar-refractivity contribution >= 4 is 43.2 Å². The maximum absolute atomic E-state index is 12.6. The van der Waals surface area contributed by atoms with E-state index in [-0.39, 0.29) is 22.2 Å². The van der Waals surface area contributed by atoms with E-state index >= 15 is 0 Å². The molecule has 0 radical (unpaired) electrons. The highest BCUT2D eigenvalue weighted by Crippen LogP contribution is 2.29. The summed E-state index contributed by atoms with van der Waals surface area (Å²) in [4.78, 5) is 3.58. The number of pyridine rings is 1. The first kappa shape index (κ1) is 16.0. The SMILES string of the molecule is CS(=O)(=O)C1CSCCN1S(=O)(=O)c1cnccc1Cl. The molecule has 1 saturated heterocycles. The zero-order valence-corrected chi connectivity index (χ0v) is 13.8. The summed E-state index contributed by atoms with van der Waals surface area (Å²) >= 11 is 7.30. The zero-order chi connectivity index (χ0) is 15.0. The zero-order valence-electron chi connectivity index (χ0n) is 10.6. The Bertz CT molecular complexity index is 705. The Morgan fingerprint density at radius 2 is 2.10 bits per heavy atom. The minimum atomic E-state index is -3.98. The Kier molecular flexibility index (Phi) is 4.65. The lowest BCUT2D eigenvalue weighted by Crippen LogP contribution is -2.49. The fourth-order valence-corrected chi connectivity index (χ4v) is 7.43. The number of aromatic nitrogens is 1. The van der Waals surface area contributed by atoms with Gasteiger partial charge in [-0.1, -0.05) is 11.6 Å². The highest BCUT2D eigenvalue weighted by atomic mass is 35.5. The van der Waals surface area contributed by atoms with E-state index in [9.17, 15) is 16.8 Å². The summed E-state index contributed by atoms with van der Waals surface area (Å²) in [5.74, 6) is 0.763.